The molecule has 10 heteroatoms. The number of esters is 2. The zero-order valence-electron chi connectivity index (χ0n) is 18.3. The fourth-order valence-electron chi connectivity index (χ4n) is 3.11. The van der Waals surface area contributed by atoms with Crippen LogP contribution in [0, 0.1) is 5.82 Å². The number of carbonyl (C=O) groups excluding carboxylic acids is 2. The predicted octanol–water partition coefficient (Wildman–Crippen LogP) is 6.16. The maximum Gasteiger partial charge on any atom is 0.573 e. The molecule has 0 spiro atoms. The Hall–Kier alpha value is -3.82. The standard InChI is InChI=1S/C24H20F4O6/c1-12(2)22(29)31-11-5-6-14-7-8-16-15-9-10-17(32-23(30)13(3)4)18(25)20(15)33-21(16)19(14)34-24(26,27)28/h7-10H,1,3,5-6,11H2,2,4H3. The Bertz CT molecular complexity index is 1300. The largest absolute Gasteiger partial charge is 0.573 e. The summed E-state index contributed by atoms with van der Waals surface area (Å²) in [4.78, 5) is 23.2. The Balaban J connectivity index is 2.02. The highest BCUT2D eigenvalue weighted by Gasteiger charge is 2.34. The van der Waals surface area contributed by atoms with Gasteiger partial charge in [0.05, 0.1) is 6.61 Å². The number of hydrogen-bond donors (Lipinski definition) is 0. The summed E-state index contributed by atoms with van der Waals surface area (Å²) in [6.07, 6.45) is -4.81. The first-order valence-corrected chi connectivity index (χ1v) is 10.0. The smallest absolute Gasteiger partial charge is 0.462 e. The highest BCUT2D eigenvalue weighted by molar-refractivity contribution is 6.08. The first-order valence-electron chi connectivity index (χ1n) is 10.0. The molecular formula is C24H20F4O6. The van der Waals surface area contributed by atoms with Crippen molar-refractivity contribution in [3.63, 3.8) is 0 Å². The Morgan fingerprint density at radius 2 is 1.59 bits per heavy atom. The summed E-state index contributed by atoms with van der Waals surface area (Å²) in [5, 5.41) is 0.333. The van der Waals surface area contributed by atoms with Crippen molar-refractivity contribution in [3.8, 4) is 11.5 Å². The Labute approximate surface area is 191 Å². The second-order valence-electron chi connectivity index (χ2n) is 7.52. The number of benzene rings is 2. The van der Waals surface area contributed by atoms with E-state index in [9.17, 15) is 27.2 Å². The highest BCUT2D eigenvalue weighted by Crippen LogP contribution is 2.42. The van der Waals surface area contributed by atoms with Crippen molar-refractivity contribution in [1.29, 1.82) is 0 Å². The van der Waals surface area contributed by atoms with Gasteiger partial charge in [0.15, 0.2) is 22.7 Å². The molecule has 1 aromatic heterocycles. The van der Waals surface area contributed by atoms with Gasteiger partial charge in [0.2, 0.25) is 5.82 Å². The van der Waals surface area contributed by atoms with E-state index >= 15 is 0 Å². The van der Waals surface area contributed by atoms with Crippen LogP contribution in [0.15, 0.2) is 53.0 Å². The van der Waals surface area contributed by atoms with E-state index in [0.717, 1.165) is 0 Å². The number of aryl methyl sites for hydroxylation is 1. The first kappa shape index (κ1) is 24.8. The molecular weight excluding hydrogens is 460 g/mol. The van der Waals surface area contributed by atoms with E-state index < -0.39 is 41.2 Å². The molecule has 0 radical (unpaired) electrons. The van der Waals surface area contributed by atoms with Gasteiger partial charge in [-0.15, -0.1) is 13.2 Å². The summed E-state index contributed by atoms with van der Waals surface area (Å²) in [6.45, 7) is 9.64. The molecule has 0 saturated carbocycles. The molecule has 0 amide bonds. The zero-order valence-corrected chi connectivity index (χ0v) is 18.3. The maximum atomic E-state index is 15.0. The topological polar surface area (TPSA) is 75.0 Å². The van der Waals surface area contributed by atoms with Gasteiger partial charge < -0.3 is 18.6 Å². The number of fused-ring (bicyclic) bond motifs is 3. The van der Waals surface area contributed by atoms with Crippen LogP contribution in [0.5, 0.6) is 11.5 Å². The molecule has 3 rings (SSSR count). The van der Waals surface area contributed by atoms with Gasteiger partial charge in [-0.1, -0.05) is 19.2 Å². The number of furan rings is 1. The number of rotatable bonds is 8. The highest BCUT2D eigenvalue weighted by atomic mass is 19.4. The summed E-state index contributed by atoms with van der Waals surface area (Å²) >= 11 is 0. The van der Waals surface area contributed by atoms with E-state index in [0.29, 0.717) is 0 Å². The summed E-state index contributed by atoms with van der Waals surface area (Å²) < 4.78 is 74.0. The normalized spacial score (nSPS) is 11.5. The van der Waals surface area contributed by atoms with Crippen molar-refractivity contribution in [2.24, 2.45) is 0 Å². The van der Waals surface area contributed by atoms with Crippen molar-refractivity contribution >= 4 is 33.9 Å². The van der Waals surface area contributed by atoms with Crippen molar-refractivity contribution in [2.75, 3.05) is 6.61 Å². The average molecular weight is 480 g/mol. The second-order valence-corrected chi connectivity index (χ2v) is 7.52. The van der Waals surface area contributed by atoms with Crippen molar-refractivity contribution in [1.82, 2.24) is 0 Å². The second kappa shape index (κ2) is 9.58. The summed E-state index contributed by atoms with van der Waals surface area (Å²) in [5.41, 5.74) is -0.388. The van der Waals surface area contributed by atoms with Crippen LogP contribution in [0.25, 0.3) is 21.9 Å². The van der Waals surface area contributed by atoms with Crippen LogP contribution in [-0.4, -0.2) is 24.9 Å². The van der Waals surface area contributed by atoms with Gasteiger partial charge in [-0.2, -0.15) is 4.39 Å². The van der Waals surface area contributed by atoms with Gasteiger partial charge in [-0.25, -0.2) is 9.59 Å². The molecule has 0 unspecified atom stereocenters. The summed E-state index contributed by atoms with van der Waals surface area (Å²) in [7, 11) is 0. The van der Waals surface area contributed by atoms with Crippen LogP contribution in [0.2, 0.25) is 0 Å². The van der Waals surface area contributed by atoms with E-state index in [4.69, 9.17) is 13.9 Å². The molecule has 0 N–H and O–H groups in total. The van der Waals surface area contributed by atoms with Gasteiger partial charge in [0.25, 0.3) is 0 Å². The molecule has 34 heavy (non-hydrogen) atoms. The Kier molecular flexibility index (Phi) is 6.99. The monoisotopic (exact) mass is 480 g/mol. The average Bonchev–Trinajstić information content (AvgIpc) is 3.13. The SMILES string of the molecule is C=C(C)C(=O)OCCCc1ccc2c(oc3c(F)c(OC(=O)C(=C)C)ccc32)c1OC(F)(F)F. The lowest BCUT2D eigenvalue weighted by atomic mass is 10.0. The molecule has 1 heterocycles. The van der Waals surface area contributed by atoms with Crippen LogP contribution in [-0.2, 0) is 20.7 Å². The third-order valence-electron chi connectivity index (χ3n) is 4.69. The molecule has 180 valence electrons. The molecule has 0 aliphatic carbocycles. The van der Waals surface area contributed by atoms with Gasteiger partial charge in [0, 0.05) is 21.9 Å². The van der Waals surface area contributed by atoms with Crippen molar-refractivity contribution in [3.05, 3.63) is 60.0 Å². The fraction of sp³-hybridized carbons (Fsp3) is 0.250. The van der Waals surface area contributed by atoms with E-state index in [1.54, 1.807) is 0 Å². The number of alkyl halides is 3. The first-order chi connectivity index (χ1) is 15.9. The molecule has 6 nitrogen and oxygen atoms in total. The molecule has 0 aliphatic rings. The number of halogens is 4. The minimum Gasteiger partial charge on any atom is -0.462 e. The minimum atomic E-state index is -5.05. The van der Waals surface area contributed by atoms with Gasteiger partial charge in [-0.05, 0) is 50.5 Å². The molecule has 0 aliphatic heterocycles. The lowest BCUT2D eigenvalue weighted by molar-refractivity contribution is -0.274. The molecule has 0 fully saturated rings. The summed E-state index contributed by atoms with van der Waals surface area (Å²) in [6, 6.07) is 5.39. The fourth-order valence-corrected chi connectivity index (χ4v) is 3.11. The van der Waals surface area contributed by atoms with Crippen molar-refractivity contribution < 1.29 is 45.8 Å². The molecule has 3 aromatic rings. The van der Waals surface area contributed by atoms with Gasteiger partial charge in [0.1, 0.15) is 0 Å². The number of hydrogen-bond acceptors (Lipinski definition) is 6. The third-order valence-corrected chi connectivity index (χ3v) is 4.69. The lowest BCUT2D eigenvalue weighted by Gasteiger charge is -2.14. The minimum absolute atomic E-state index is 0.0311. The van der Waals surface area contributed by atoms with Crippen LogP contribution in [0.4, 0.5) is 17.6 Å². The lowest BCUT2D eigenvalue weighted by Crippen LogP contribution is -2.18. The van der Waals surface area contributed by atoms with E-state index in [-0.39, 0.29) is 52.5 Å². The van der Waals surface area contributed by atoms with Crippen LogP contribution in [0.1, 0.15) is 25.8 Å². The molecule has 0 atom stereocenters. The maximum absolute atomic E-state index is 15.0. The van der Waals surface area contributed by atoms with E-state index in [1.165, 1.54) is 38.1 Å². The third kappa shape index (κ3) is 5.38. The van der Waals surface area contributed by atoms with Gasteiger partial charge in [-0.3, -0.25) is 0 Å². The Morgan fingerprint density at radius 3 is 2.21 bits per heavy atom. The quantitative estimate of drug-likeness (QED) is 0.126. The molecule has 0 bridgehead atoms. The van der Waals surface area contributed by atoms with Crippen LogP contribution < -0.4 is 9.47 Å². The number of carbonyl (C=O) groups is 2. The van der Waals surface area contributed by atoms with Crippen molar-refractivity contribution in [2.45, 2.75) is 33.1 Å². The zero-order chi connectivity index (χ0) is 25.2. The van der Waals surface area contributed by atoms with Crippen LogP contribution >= 0.6 is 0 Å². The molecule has 0 saturated heterocycles. The van der Waals surface area contributed by atoms with Gasteiger partial charge >= 0.3 is 18.3 Å². The predicted molar refractivity (Wildman–Crippen MR) is 115 cm³/mol. The summed E-state index contributed by atoms with van der Waals surface area (Å²) in [5.74, 6) is -3.64. The number of ether oxygens (including phenoxy) is 3. The Morgan fingerprint density at radius 1 is 0.971 bits per heavy atom. The van der Waals surface area contributed by atoms with Crippen LogP contribution in [0.3, 0.4) is 0 Å². The van der Waals surface area contributed by atoms with E-state index in [1.807, 2.05) is 0 Å². The molecule has 2 aromatic carbocycles. The van der Waals surface area contributed by atoms with E-state index in [2.05, 4.69) is 17.9 Å².